The van der Waals surface area contributed by atoms with Gasteiger partial charge in [0, 0.05) is 6.42 Å². The SMILES string of the molecule is S=C=NC1(N=C=S)C=CC(C=Cc2ccccc2)=CC1. The fraction of sp³-hybridized carbons (Fsp3) is 0.125. The van der Waals surface area contributed by atoms with Gasteiger partial charge in [-0.05, 0) is 41.6 Å². The maximum absolute atomic E-state index is 4.66. The van der Waals surface area contributed by atoms with Crippen LogP contribution in [0.3, 0.4) is 0 Å². The first-order valence-electron chi connectivity index (χ1n) is 6.09. The summed E-state index contributed by atoms with van der Waals surface area (Å²) in [5.74, 6) is 0. The van der Waals surface area contributed by atoms with Crippen molar-refractivity contribution in [3.8, 4) is 0 Å². The lowest BCUT2D eigenvalue weighted by Gasteiger charge is -2.20. The lowest BCUT2D eigenvalue weighted by Crippen LogP contribution is -2.21. The van der Waals surface area contributed by atoms with Crippen LogP contribution >= 0.6 is 24.4 Å². The number of allylic oxidation sites excluding steroid dienone is 3. The van der Waals surface area contributed by atoms with Crippen molar-refractivity contribution in [1.82, 2.24) is 0 Å². The van der Waals surface area contributed by atoms with Gasteiger partial charge in [-0.3, -0.25) is 0 Å². The maximum Gasteiger partial charge on any atom is 0.191 e. The number of aliphatic imine (C=N–C) groups is 2. The molecule has 20 heavy (non-hydrogen) atoms. The lowest BCUT2D eigenvalue weighted by atomic mass is 9.97. The Balaban J connectivity index is 2.14. The Bertz CT molecular complexity index is 641. The quantitative estimate of drug-likeness (QED) is 0.604. The molecule has 1 aliphatic rings. The minimum atomic E-state index is -0.756. The Morgan fingerprint density at radius 2 is 1.75 bits per heavy atom. The minimum Gasteiger partial charge on any atom is -0.196 e. The average Bonchev–Trinajstić information content (AvgIpc) is 2.48. The van der Waals surface area contributed by atoms with E-state index in [1.165, 1.54) is 0 Å². The molecular weight excluding hydrogens is 284 g/mol. The lowest BCUT2D eigenvalue weighted by molar-refractivity contribution is 0.570. The predicted octanol–water partition coefficient (Wildman–Crippen LogP) is 4.49. The Morgan fingerprint density at radius 3 is 2.30 bits per heavy atom. The highest BCUT2D eigenvalue weighted by Crippen LogP contribution is 2.26. The number of rotatable bonds is 4. The summed E-state index contributed by atoms with van der Waals surface area (Å²) in [6.07, 6.45) is 10.6. The van der Waals surface area contributed by atoms with Crippen LogP contribution in [0.15, 0.2) is 70.2 Å². The molecule has 0 saturated carbocycles. The molecule has 0 radical (unpaired) electrons. The van der Waals surface area contributed by atoms with Crippen LogP contribution in [-0.4, -0.2) is 16.0 Å². The van der Waals surface area contributed by atoms with Gasteiger partial charge in [0.25, 0.3) is 0 Å². The van der Waals surface area contributed by atoms with Gasteiger partial charge in [0.15, 0.2) is 5.66 Å². The number of nitrogens with zero attached hydrogens (tertiary/aromatic N) is 2. The van der Waals surface area contributed by atoms with Crippen molar-refractivity contribution in [3.63, 3.8) is 0 Å². The molecule has 1 aromatic rings. The molecule has 0 amide bonds. The van der Waals surface area contributed by atoms with E-state index >= 15 is 0 Å². The Labute approximate surface area is 129 Å². The Kier molecular flexibility index (Phi) is 5.05. The molecule has 0 fully saturated rings. The molecule has 0 heterocycles. The second-order valence-corrected chi connectivity index (χ2v) is 4.64. The molecule has 98 valence electrons. The van der Waals surface area contributed by atoms with Crippen LogP contribution in [0.1, 0.15) is 12.0 Å². The van der Waals surface area contributed by atoms with Crippen LogP contribution in [0, 0.1) is 0 Å². The van der Waals surface area contributed by atoms with Crippen molar-refractivity contribution in [1.29, 1.82) is 0 Å². The maximum atomic E-state index is 4.66. The molecule has 0 unspecified atom stereocenters. The molecular formula is C16H12N2S2. The largest absolute Gasteiger partial charge is 0.196 e. The Hall–Kier alpha value is -1.96. The predicted molar refractivity (Wildman–Crippen MR) is 90.1 cm³/mol. The third-order valence-corrected chi connectivity index (χ3v) is 3.11. The van der Waals surface area contributed by atoms with Gasteiger partial charge in [-0.2, -0.15) is 9.98 Å². The van der Waals surface area contributed by atoms with E-state index in [1.54, 1.807) is 0 Å². The fourth-order valence-electron chi connectivity index (χ4n) is 1.86. The molecule has 4 heteroatoms. The molecule has 1 aromatic carbocycles. The van der Waals surface area contributed by atoms with E-state index in [2.05, 4.69) is 69.0 Å². The van der Waals surface area contributed by atoms with Crippen LogP contribution in [-0.2, 0) is 0 Å². The normalized spacial score (nSPS) is 20.9. The van der Waals surface area contributed by atoms with E-state index in [0.717, 1.165) is 11.1 Å². The van der Waals surface area contributed by atoms with Crippen LogP contribution in [0.4, 0.5) is 0 Å². The molecule has 0 aromatic heterocycles. The second-order valence-electron chi connectivity index (χ2n) is 4.27. The fourth-order valence-corrected chi connectivity index (χ4v) is 2.18. The molecule has 0 atom stereocenters. The molecule has 0 bridgehead atoms. The number of isothiocyanates is 2. The zero-order valence-electron chi connectivity index (χ0n) is 10.7. The van der Waals surface area contributed by atoms with Gasteiger partial charge in [-0.15, -0.1) is 0 Å². The van der Waals surface area contributed by atoms with Crippen molar-refractivity contribution in [2.75, 3.05) is 0 Å². The number of benzene rings is 1. The van der Waals surface area contributed by atoms with E-state index in [4.69, 9.17) is 0 Å². The van der Waals surface area contributed by atoms with E-state index in [9.17, 15) is 0 Å². The molecule has 2 rings (SSSR count). The molecule has 1 aliphatic carbocycles. The van der Waals surface area contributed by atoms with Gasteiger partial charge in [0.2, 0.25) is 0 Å². The van der Waals surface area contributed by atoms with Crippen molar-refractivity contribution >= 4 is 40.8 Å². The average molecular weight is 296 g/mol. The number of hydrogen-bond donors (Lipinski definition) is 0. The molecule has 0 aliphatic heterocycles. The topological polar surface area (TPSA) is 24.7 Å². The standard InChI is InChI=1S/C16H12N2S2/c19-12-17-16(18-13-20)10-8-15(9-11-16)7-6-14-4-2-1-3-5-14/h1-10H,11H2. The highest BCUT2D eigenvalue weighted by atomic mass is 32.1. The van der Waals surface area contributed by atoms with Crippen LogP contribution in [0.2, 0.25) is 0 Å². The zero-order valence-corrected chi connectivity index (χ0v) is 12.3. The van der Waals surface area contributed by atoms with Crippen molar-refractivity contribution in [3.05, 3.63) is 65.8 Å². The van der Waals surface area contributed by atoms with E-state index in [1.807, 2.05) is 36.4 Å². The van der Waals surface area contributed by atoms with Crippen molar-refractivity contribution < 1.29 is 0 Å². The van der Waals surface area contributed by atoms with E-state index in [0.29, 0.717) is 6.42 Å². The van der Waals surface area contributed by atoms with Gasteiger partial charge in [-0.1, -0.05) is 54.6 Å². The molecule has 0 N–H and O–H groups in total. The summed E-state index contributed by atoms with van der Waals surface area (Å²) < 4.78 is 0. The summed E-state index contributed by atoms with van der Waals surface area (Å²) in [7, 11) is 0. The molecule has 0 spiro atoms. The number of hydrogen-bond acceptors (Lipinski definition) is 4. The highest BCUT2D eigenvalue weighted by molar-refractivity contribution is 7.78. The summed E-state index contributed by atoms with van der Waals surface area (Å²) in [6, 6.07) is 10.1. The van der Waals surface area contributed by atoms with Crippen molar-refractivity contribution in [2.45, 2.75) is 12.1 Å². The molecule has 2 nitrogen and oxygen atoms in total. The van der Waals surface area contributed by atoms with Gasteiger partial charge < -0.3 is 0 Å². The first-order chi connectivity index (χ1) is 9.78. The van der Waals surface area contributed by atoms with Gasteiger partial charge in [0.1, 0.15) is 0 Å². The third-order valence-electron chi connectivity index (χ3n) is 2.93. The van der Waals surface area contributed by atoms with Crippen LogP contribution in [0.5, 0.6) is 0 Å². The van der Waals surface area contributed by atoms with E-state index < -0.39 is 5.66 Å². The van der Waals surface area contributed by atoms with Crippen molar-refractivity contribution in [2.24, 2.45) is 9.98 Å². The highest BCUT2D eigenvalue weighted by Gasteiger charge is 2.25. The first-order valence-corrected chi connectivity index (χ1v) is 6.90. The van der Waals surface area contributed by atoms with E-state index in [-0.39, 0.29) is 0 Å². The number of thiocarbonyl (C=S) groups is 2. The summed E-state index contributed by atoms with van der Waals surface area (Å²) in [6.45, 7) is 0. The van der Waals surface area contributed by atoms with Crippen LogP contribution in [0.25, 0.3) is 6.08 Å². The third kappa shape index (κ3) is 3.77. The smallest absolute Gasteiger partial charge is 0.191 e. The first kappa shape index (κ1) is 14.4. The minimum absolute atomic E-state index is 0.602. The van der Waals surface area contributed by atoms with Crippen LogP contribution < -0.4 is 0 Å². The summed E-state index contributed by atoms with van der Waals surface area (Å²) >= 11 is 9.31. The van der Waals surface area contributed by atoms with Gasteiger partial charge in [-0.25, -0.2) is 0 Å². The summed E-state index contributed by atoms with van der Waals surface area (Å²) in [5, 5.41) is 4.73. The zero-order chi connectivity index (χ0) is 14.3. The second kappa shape index (κ2) is 6.99. The summed E-state index contributed by atoms with van der Waals surface area (Å²) in [4.78, 5) is 8.14. The summed E-state index contributed by atoms with van der Waals surface area (Å²) in [5.41, 5.74) is 1.50. The van der Waals surface area contributed by atoms with Gasteiger partial charge >= 0.3 is 0 Å². The monoisotopic (exact) mass is 296 g/mol. The Morgan fingerprint density at radius 1 is 1.05 bits per heavy atom. The molecule has 0 saturated heterocycles. The van der Waals surface area contributed by atoms with Gasteiger partial charge in [0.05, 0.1) is 10.3 Å².